The number of carbonyl (C=O) groups excluding carboxylic acids is 3. The van der Waals surface area contributed by atoms with Gasteiger partial charge in [0.05, 0.1) is 17.5 Å². The van der Waals surface area contributed by atoms with Crippen LogP contribution in [0.25, 0.3) is 0 Å². The zero-order valence-electron chi connectivity index (χ0n) is 16.6. The second kappa shape index (κ2) is 9.84. The molecule has 0 aromatic heterocycles. The molecule has 0 bridgehead atoms. The number of nitrogens with zero attached hydrogens (tertiary/aromatic N) is 1. The fourth-order valence-corrected chi connectivity index (χ4v) is 2.61. The summed E-state index contributed by atoms with van der Waals surface area (Å²) in [4.78, 5) is 36.9. The molecule has 3 amide bonds. The summed E-state index contributed by atoms with van der Waals surface area (Å²) >= 11 is 0. The smallest absolute Gasteiger partial charge is 0.329 e. The number of anilines is 2. The van der Waals surface area contributed by atoms with Crippen molar-refractivity contribution < 1.29 is 19.5 Å². The maximum atomic E-state index is 12.6. The van der Waals surface area contributed by atoms with Crippen molar-refractivity contribution in [3.05, 3.63) is 89.5 Å². The molecule has 4 N–H and O–H groups in total. The second-order valence-corrected chi connectivity index (χ2v) is 6.58. The number of hydrazone groups is 1. The van der Waals surface area contributed by atoms with Crippen LogP contribution >= 0.6 is 0 Å². The van der Waals surface area contributed by atoms with Gasteiger partial charge in [-0.05, 0) is 43.3 Å². The van der Waals surface area contributed by atoms with Crippen molar-refractivity contribution in [3.8, 4) is 5.75 Å². The summed E-state index contributed by atoms with van der Waals surface area (Å²) in [5.74, 6) is -2.47. The number of rotatable bonds is 5. The lowest BCUT2D eigenvalue weighted by molar-refractivity contribution is -0.136. The van der Waals surface area contributed by atoms with Gasteiger partial charge in [-0.25, -0.2) is 5.43 Å². The summed E-state index contributed by atoms with van der Waals surface area (Å²) in [6.07, 6.45) is 1.21. The van der Waals surface area contributed by atoms with Gasteiger partial charge in [-0.2, -0.15) is 5.10 Å². The number of phenols is 1. The molecule has 0 aliphatic heterocycles. The Kier molecular flexibility index (Phi) is 6.74. The summed E-state index contributed by atoms with van der Waals surface area (Å²) in [6, 6.07) is 20.0. The SMILES string of the molecule is Cc1ccc(NC(=O)c2ccccc2NC(=O)C(=O)N/N=C\c2ccccc2O)cc1. The molecule has 31 heavy (non-hydrogen) atoms. The van der Waals surface area contributed by atoms with Gasteiger partial charge in [-0.1, -0.05) is 42.0 Å². The maximum Gasteiger partial charge on any atom is 0.329 e. The van der Waals surface area contributed by atoms with Crippen molar-refractivity contribution in [1.82, 2.24) is 5.43 Å². The van der Waals surface area contributed by atoms with Gasteiger partial charge < -0.3 is 15.7 Å². The molecule has 0 spiro atoms. The van der Waals surface area contributed by atoms with Crippen LogP contribution in [0.15, 0.2) is 77.9 Å². The Morgan fingerprint density at radius 2 is 1.52 bits per heavy atom. The minimum absolute atomic E-state index is 0.0153. The van der Waals surface area contributed by atoms with E-state index >= 15 is 0 Å². The zero-order valence-corrected chi connectivity index (χ0v) is 16.6. The maximum absolute atomic E-state index is 12.6. The zero-order chi connectivity index (χ0) is 22.2. The number of phenolic OH excluding ortho intramolecular Hbond substituents is 1. The molecule has 0 saturated carbocycles. The van der Waals surface area contributed by atoms with Crippen LogP contribution in [-0.4, -0.2) is 29.0 Å². The molecule has 156 valence electrons. The molecule has 8 nitrogen and oxygen atoms in total. The number of carbonyl (C=O) groups is 3. The molecule has 0 aliphatic rings. The van der Waals surface area contributed by atoms with Crippen molar-refractivity contribution >= 4 is 35.3 Å². The number of para-hydroxylation sites is 2. The quantitative estimate of drug-likeness (QED) is 0.290. The van der Waals surface area contributed by atoms with Crippen LogP contribution in [0, 0.1) is 6.92 Å². The van der Waals surface area contributed by atoms with E-state index in [-0.39, 0.29) is 17.0 Å². The summed E-state index contributed by atoms with van der Waals surface area (Å²) in [7, 11) is 0. The molecule has 0 unspecified atom stereocenters. The number of aromatic hydroxyl groups is 1. The average Bonchev–Trinajstić information content (AvgIpc) is 2.77. The van der Waals surface area contributed by atoms with Gasteiger partial charge in [-0.15, -0.1) is 0 Å². The first-order valence-electron chi connectivity index (χ1n) is 9.33. The number of amides is 3. The predicted octanol–water partition coefficient (Wildman–Crippen LogP) is 3.04. The first kappa shape index (κ1) is 21.3. The predicted molar refractivity (Wildman–Crippen MR) is 118 cm³/mol. The second-order valence-electron chi connectivity index (χ2n) is 6.58. The third-order valence-corrected chi connectivity index (χ3v) is 4.24. The molecular weight excluding hydrogens is 396 g/mol. The highest BCUT2D eigenvalue weighted by Crippen LogP contribution is 2.18. The van der Waals surface area contributed by atoms with Gasteiger partial charge in [0.15, 0.2) is 0 Å². The van der Waals surface area contributed by atoms with Crippen molar-refractivity contribution in [1.29, 1.82) is 0 Å². The highest BCUT2D eigenvalue weighted by molar-refractivity contribution is 6.40. The average molecular weight is 416 g/mol. The van der Waals surface area contributed by atoms with E-state index in [1.165, 1.54) is 24.4 Å². The van der Waals surface area contributed by atoms with Gasteiger partial charge in [0.1, 0.15) is 5.75 Å². The number of hydrogen-bond acceptors (Lipinski definition) is 5. The van der Waals surface area contributed by atoms with Gasteiger partial charge in [-0.3, -0.25) is 14.4 Å². The number of benzene rings is 3. The molecular formula is C23H20N4O4. The lowest BCUT2D eigenvalue weighted by Crippen LogP contribution is -2.33. The number of aryl methyl sites for hydroxylation is 1. The standard InChI is InChI=1S/C23H20N4O4/c1-15-10-12-17(13-11-15)25-21(29)18-7-3-4-8-19(18)26-22(30)23(31)27-24-14-16-6-2-5-9-20(16)28/h2-14,28H,1H3,(H,25,29)(H,26,30)(H,27,31)/b24-14-. The fraction of sp³-hybridized carbons (Fsp3) is 0.0435. The number of hydrogen-bond donors (Lipinski definition) is 4. The molecule has 8 heteroatoms. The molecule has 3 aromatic carbocycles. The van der Waals surface area contributed by atoms with E-state index in [0.717, 1.165) is 5.56 Å². The number of nitrogens with one attached hydrogen (secondary N) is 3. The molecule has 0 radical (unpaired) electrons. The molecule has 0 aliphatic carbocycles. The monoisotopic (exact) mass is 416 g/mol. The van der Waals surface area contributed by atoms with Crippen LogP contribution in [0.1, 0.15) is 21.5 Å². The Bertz CT molecular complexity index is 1140. The molecule has 3 rings (SSSR count). The highest BCUT2D eigenvalue weighted by Gasteiger charge is 2.17. The van der Waals surface area contributed by atoms with Gasteiger partial charge in [0, 0.05) is 11.3 Å². The Balaban J connectivity index is 1.64. The third-order valence-electron chi connectivity index (χ3n) is 4.24. The molecule has 0 fully saturated rings. The van der Waals surface area contributed by atoms with Crippen molar-refractivity contribution in [2.45, 2.75) is 6.92 Å². The van der Waals surface area contributed by atoms with E-state index in [1.54, 1.807) is 42.5 Å². The minimum atomic E-state index is -1.03. The van der Waals surface area contributed by atoms with E-state index in [0.29, 0.717) is 11.3 Å². The van der Waals surface area contributed by atoms with Crippen LogP contribution in [0.5, 0.6) is 5.75 Å². The Morgan fingerprint density at radius 1 is 0.839 bits per heavy atom. The van der Waals surface area contributed by atoms with Gasteiger partial charge in [0.25, 0.3) is 5.91 Å². The first-order chi connectivity index (χ1) is 14.9. The van der Waals surface area contributed by atoms with Crippen molar-refractivity contribution in [2.75, 3.05) is 10.6 Å². The summed E-state index contributed by atoms with van der Waals surface area (Å²) in [5, 5.41) is 18.5. The molecule has 0 atom stereocenters. The van der Waals surface area contributed by atoms with E-state index < -0.39 is 17.7 Å². The van der Waals surface area contributed by atoms with E-state index in [4.69, 9.17) is 0 Å². The third kappa shape index (κ3) is 5.77. The lowest BCUT2D eigenvalue weighted by atomic mass is 10.1. The summed E-state index contributed by atoms with van der Waals surface area (Å²) in [6.45, 7) is 1.94. The van der Waals surface area contributed by atoms with Crippen LogP contribution in [0.4, 0.5) is 11.4 Å². The highest BCUT2D eigenvalue weighted by atomic mass is 16.3. The van der Waals surface area contributed by atoms with Crippen molar-refractivity contribution in [3.63, 3.8) is 0 Å². The van der Waals surface area contributed by atoms with Crippen LogP contribution in [-0.2, 0) is 9.59 Å². The van der Waals surface area contributed by atoms with Gasteiger partial charge in [0.2, 0.25) is 0 Å². The summed E-state index contributed by atoms with van der Waals surface area (Å²) < 4.78 is 0. The lowest BCUT2D eigenvalue weighted by Gasteiger charge is -2.11. The molecule has 0 saturated heterocycles. The summed E-state index contributed by atoms with van der Waals surface area (Å²) in [5.41, 5.74) is 4.49. The Hall–Kier alpha value is -4.46. The van der Waals surface area contributed by atoms with E-state index in [9.17, 15) is 19.5 Å². The van der Waals surface area contributed by atoms with Crippen LogP contribution in [0.2, 0.25) is 0 Å². The minimum Gasteiger partial charge on any atom is -0.507 e. The first-order valence-corrected chi connectivity index (χ1v) is 9.33. The van der Waals surface area contributed by atoms with Crippen molar-refractivity contribution in [2.24, 2.45) is 5.10 Å². The molecule has 0 heterocycles. The van der Waals surface area contributed by atoms with E-state index in [2.05, 4.69) is 21.2 Å². The topological polar surface area (TPSA) is 120 Å². The normalized spacial score (nSPS) is 10.5. The Labute approximate surface area is 178 Å². The van der Waals surface area contributed by atoms with E-state index in [1.807, 2.05) is 19.1 Å². The fourth-order valence-electron chi connectivity index (χ4n) is 2.61. The van der Waals surface area contributed by atoms with Crippen LogP contribution < -0.4 is 16.1 Å². The van der Waals surface area contributed by atoms with Crippen LogP contribution in [0.3, 0.4) is 0 Å². The van der Waals surface area contributed by atoms with Gasteiger partial charge >= 0.3 is 11.8 Å². The Morgan fingerprint density at radius 3 is 2.26 bits per heavy atom. The molecule has 3 aromatic rings. The largest absolute Gasteiger partial charge is 0.507 e.